The molecule has 2 bridgehead atoms. The molecule has 1 aromatic carbocycles. The molecule has 0 spiro atoms. The van der Waals surface area contributed by atoms with Gasteiger partial charge in [0.1, 0.15) is 17.7 Å². The van der Waals surface area contributed by atoms with Gasteiger partial charge in [-0.25, -0.2) is 18.4 Å². The maximum Gasteiger partial charge on any atom is 0.420 e. The van der Waals surface area contributed by atoms with Crippen molar-refractivity contribution in [3.05, 3.63) is 35.4 Å². The summed E-state index contributed by atoms with van der Waals surface area (Å²) in [6.07, 6.45) is -0.101. The molecule has 3 unspecified atom stereocenters. The smallest absolute Gasteiger partial charge is 0.420 e. The minimum Gasteiger partial charge on any atom is -0.453 e. The van der Waals surface area contributed by atoms with Crippen LogP contribution in [0.4, 0.5) is 8.78 Å². The number of halogens is 2. The first kappa shape index (κ1) is 18.7. The van der Waals surface area contributed by atoms with Gasteiger partial charge < -0.3 is 19.5 Å². The van der Waals surface area contributed by atoms with Gasteiger partial charge in [-0.05, 0) is 57.1 Å². The van der Waals surface area contributed by atoms with Crippen LogP contribution in [0, 0.1) is 17.0 Å². The van der Waals surface area contributed by atoms with E-state index >= 15 is 0 Å². The number of nitrogens with zero attached hydrogens (tertiary/aromatic N) is 1. The van der Waals surface area contributed by atoms with Gasteiger partial charge in [0.2, 0.25) is 5.79 Å². The second kappa shape index (κ2) is 6.59. The summed E-state index contributed by atoms with van der Waals surface area (Å²) in [5.41, 5.74) is -1.31. The fourth-order valence-electron chi connectivity index (χ4n) is 4.12. The molecule has 6 nitrogen and oxygen atoms in total. The van der Waals surface area contributed by atoms with E-state index in [0.717, 1.165) is 18.2 Å². The van der Waals surface area contributed by atoms with Gasteiger partial charge in [0.05, 0.1) is 5.41 Å². The Balaban J connectivity index is 2.14. The predicted molar refractivity (Wildman–Crippen MR) is 85.8 cm³/mol. The zero-order valence-corrected chi connectivity index (χ0v) is 14.6. The largest absolute Gasteiger partial charge is 0.453 e. The summed E-state index contributed by atoms with van der Waals surface area (Å²) >= 11 is 0. The zero-order chi connectivity index (χ0) is 19.1. The number of carbonyl (C=O) groups excluding carboxylic acids is 2. The van der Waals surface area contributed by atoms with E-state index in [9.17, 15) is 23.5 Å². The monoisotopic (exact) mass is 369 g/mol. The van der Waals surface area contributed by atoms with E-state index in [-0.39, 0.29) is 24.9 Å². The average Bonchev–Trinajstić information content (AvgIpc) is 2.58. The van der Waals surface area contributed by atoms with Crippen molar-refractivity contribution in [2.45, 2.75) is 37.6 Å². The first-order valence-corrected chi connectivity index (χ1v) is 8.42. The van der Waals surface area contributed by atoms with Gasteiger partial charge in [-0.15, -0.1) is 0 Å². The Labute approximate surface area is 149 Å². The predicted octanol–water partition coefficient (Wildman–Crippen LogP) is 1.40. The summed E-state index contributed by atoms with van der Waals surface area (Å²) in [5, 5.41) is 11.2. The third-order valence-corrected chi connectivity index (χ3v) is 5.17. The highest BCUT2D eigenvalue weighted by molar-refractivity contribution is 6.30. The summed E-state index contributed by atoms with van der Waals surface area (Å²) in [6, 6.07) is 3.04. The Kier molecular flexibility index (Phi) is 4.74. The van der Waals surface area contributed by atoms with Crippen LogP contribution in [0.3, 0.4) is 0 Å². The van der Waals surface area contributed by atoms with Gasteiger partial charge >= 0.3 is 11.9 Å². The van der Waals surface area contributed by atoms with E-state index in [0.29, 0.717) is 12.8 Å². The van der Waals surface area contributed by atoms with E-state index in [2.05, 4.69) is 0 Å². The van der Waals surface area contributed by atoms with Crippen molar-refractivity contribution >= 4 is 11.9 Å². The minimum absolute atomic E-state index is 0.0196. The third-order valence-electron chi connectivity index (χ3n) is 5.17. The topological polar surface area (TPSA) is 76.1 Å². The number of ether oxygens (including phenoxy) is 2. The molecule has 0 aromatic heterocycles. The van der Waals surface area contributed by atoms with Crippen LogP contribution in [0.5, 0.6) is 0 Å². The highest BCUT2D eigenvalue weighted by Gasteiger charge is 2.64. The summed E-state index contributed by atoms with van der Waals surface area (Å²) in [7, 11) is 3.47. The van der Waals surface area contributed by atoms with Gasteiger partial charge in [-0.1, -0.05) is 0 Å². The number of esters is 2. The molecule has 0 radical (unpaired) electrons. The van der Waals surface area contributed by atoms with Gasteiger partial charge in [0.25, 0.3) is 0 Å². The summed E-state index contributed by atoms with van der Waals surface area (Å²) in [6.45, 7) is 0.144. The first-order valence-electron chi connectivity index (χ1n) is 8.42. The lowest BCUT2D eigenvalue weighted by molar-refractivity contribution is -0.287. The van der Waals surface area contributed by atoms with Crippen LogP contribution in [0.2, 0.25) is 0 Å². The molecule has 3 atom stereocenters. The molecule has 1 N–H and O–H groups in total. The fourth-order valence-corrected chi connectivity index (χ4v) is 4.12. The van der Waals surface area contributed by atoms with Crippen molar-refractivity contribution in [2.24, 2.45) is 5.41 Å². The summed E-state index contributed by atoms with van der Waals surface area (Å²) in [5.74, 6) is -5.76. The second-order valence-electron chi connectivity index (χ2n) is 7.27. The number of rotatable bonds is 4. The quantitative estimate of drug-likeness (QED) is 0.639. The van der Waals surface area contributed by atoms with Crippen molar-refractivity contribution in [3.63, 3.8) is 0 Å². The molecule has 1 aliphatic carbocycles. The lowest BCUT2D eigenvalue weighted by Crippen LogP contribution is -2.63. The molecule has 1 saturated carbocycles. The van der Waals surface area contributed by atoms with Crippen LogP contribution >= 0.6 is 0 Å². The van der Waals surface area contributed by atoms with Crippen LogP contribution in [0.1, 0.15) is 24.8 Å². The standard InChI is InChI=1S/C18H21F2NO5/c1-21(2)10-17(9-11-8-12(19)5-6-13(11)20)14-4-3-7-18(17,24)26-16(23)15(22)25-14/h5-6,8,14,24H,3-4,7,9-10H2,1-2H3. The van der Waals surface area contributed by atoms with Gasteiger partial charge in [-0.3, -0.25) is 0 Å². The van der Waals surface area contributed by atoms with Crippen molar-refractivity contribution in [1.82, 2.24) is 4.90 Å². The number of hydrogen-bond donors (Lipinski definition) is 1. The van der Waals surface area contributed by atoms with Crippen molar-refractivity contribution in [2.75, 3.05) is 20.6 Å². The normalized spacial score (nSPS) is 31.4. The molecule has 1 aromatic rings. The number of fused-ring (bicyclic) bond motifs is 2. The molecular weight excluding hydrogens is 348 g/mol. The SMILES string of the molecule is CN(C)CC1(Cc2cc(F)ccc2F)C2CCCC1(O)OC(=O)C(=O)O2. The van der Waals surface area contributed by atoms with Crippen molar-refractivity contribution < 1.29 is 33.0 Å². The van der Waals surface area contributed by atoms with Crippen molar-refractivity contribution in [3.8, 4) is 0 Å². The number of benzene rings is 1. The Morgan fingerprint density at radius 3 is 2.69 bits per heavy atom. The van der Waals surface area contributed by atoms with Crippen LogP contribution in [0.25, 0.3) is 0 Å². The maximum absolute atomic E-state index is 14.3. The second-order valence-corrected chi connectivity index (χ2v) is 7.27. The molecule has 0 amide bonds. The van der Waals surface area contributed by atoms with Crippen LogP contribution in [0.15, 0.2) is 18.2 Å². The maximum atomic E-state index is 14.3. The zero-order valence-electron chi connectivity index (χ0n) is 14.6. The lowest BCUT2D eigenvalue weighted by Gasteiger charge is -2.51. The van der Waals surface area contributed by atoms with Gasteiger partial charge in [0, 0.05) is 13.0 Å². The molecule has 1 saturated heterocycles. The Morgan fingerprint density at radius 1 is 1.27 bits per heavy atom. The molecule has 1 heterocycles. The molecule has 142 valence electrons. The minimum atomic E-state index is -2.03. The first-order chi connectivity index (χ1) is 12.2. The fraction of sp³-hybridized carbons (Fsp3) is 0.556. The Bertz CT molecular complexity index is 740. The third kappa shape index (κ3) is 3.07. The van der Waals surface area contributed by atoms with E-state index in [1.807, 2.05) is 0 Å². The number of hydrogen-bond acceptors (Lipinski definition) is 6. The van der Waals surface area contributed by atoms with Crippen LogP contribution in [-0.4, -0.2) is 54.5 Å². The number of aliphatic hydroxyl groups is 1. The molecular formula is C18H21F2NO5. The van der Waals surface area contributed by atoms with E-state index in [4.69, 9.17) is 9.47 Å². The molecule has 8 heteroatoms. The highest BCUT2D eigenvalue weighted by atomic mass is 19.1. The molecule has 2 aliphatic rings. The van der Waals surface area contributed by atoms with Gasteiger partial charge in [0.15, 0.2) is 0 Å². The molecule has 3 rings (SSSR count). The van der Waals surface area contributed by atoms with Crippen molar-refractivity contribution in [1.29, 1.82) is 0 Å². The lowest BCUT2D eigenvalue weighted by atomic mass is 9.63. The van der Waals surface area contributed by atoms with E-state index < -0.39 is 40.9 Å². The van der Waals surface area contributed by atoms with E-state index in [1.54, 1.807) is 19.0 Å². The van der Waals surface area contributed by atoms with Crippen LogP contribution < -0.4 is 0 Å². The Hall–Kier alpha value is -2.06. The average molecular weight is 369 g/mol. The summed E-state index contributed by atoms with van der Waals surface area (Å²) in [4.78, 5) is 25.5. The Morgan fingerprint density at radius 2 is 2.00 bits per heavy atom. The van der Waals surface area contributed by atoms with E-state index in [1.165, 1.54) is 0 Å². The van der Waals surface area contributed by atoms with Crippen LogP contribution in [-0.2, 0) is 25.5 Å². The van der Waals surface area contributed by atoms with Gasteiger partial charge in [-0.2, -0.15) is 0 Å². The highest BCUT2D eigenvalue weighted by Crippen LogP contribution is 2.51. The summed E-state index contributed by atoms with van der Waals surface area (Å²) < 4.78 is 38.4. The molecule has 1 aliphatic heterocycles. The molecule has 26 heavy (non-hydrogen) atoms. The molecule has 2 fully saturated rings. The number of carbonyl (C=O) groups is 2.